The van der Waals surface area contributed by atoms with Gasteiger partial charge < -0.3 is 16.0 Å². The van der Waals surface area contributed by atoms with Crippen LogP contribution < -0.4 is 16.0 Å². The van der Waals surface area contributed by atoms with Gasteiger partial charge in [-0.1, -0.05) is 17.7 Å². The zero-order valence-electron chi connectivity index (χ0n) is 11.5. The Kier molecular flexibility index (Phi) is 5.98. The minimum absolute atomic E-state index is 0. The second-order valence-corrected chi connectivity index (χ2v) is 4.76. The Bertz CT molecular complexity index is 505. The van der Waals surface area contributed by atoms with E-state index in [0.29, 0.717) is 6.54 Å². The van der Waals surface area contributed by atoms with E-state index >= 15 is 0 Å². The second kappa shape index (κ2) is 7.26. The van der Waals surface area contributed by atoms with Crippen molar-refractivity contribution in [1.82, 2.24) is 5.32 Å². The lowest BCUT2D eigenvalue weighted by Gasteiger charge is -2.29. The van der Waals surface area contributed by atoms with E-state index in [2.05, 4.69) is 11.4 Å². The molecule has 110 valence electrons. The summed E-state index contributed by atoms with van der Waals surface area (Å²) in [5.74, 6) is -0.402. The number of fused-ring (bicyclic) bond motifs is 1. The molecule has 0 spiro atoms. The van der Waals surface area contributed by atoms with Crippen LogP contribution in [0.1, 0.15) is 17.5 Å². The SMILES string of the molecule is Cc1ccc2c(c1)CCCN2C(=O)CNC(=O)CN.Cl. The molecule has 0 saturated carbocycles. The molecule has 1 aliphatic rings. The summed E-state index contributed by atoms with van der Waals surface area (Å²) < 4.78 is 0. The lowest BCUT2D eigenvalue weighted by Crippen LogP contribution is -2.43. The lowest BCUT2D eigenvalue weighted by atomic mass is 9.99. The van der Waals surface area contributed by atoms with Crippen LogP contribution in [0.3, 0.4) is 0 Å². The molecule has 1 aromatic rings. The van der Waals surface area contributed by atoms with Crippen molar-refractivity contribution < 1.29 is 9.59 Å². The zero-order valence-corrected chi connectivity index (χ0v) is 12.3. The van der Waals surface area contributed by atoms with Crippen molar-refractivity contribution >= 4 is 29.9 Å². The van der Waals surface area contributed by atoms with Gasteiger partial charge in [-0.2, -0.15) is 0 Å². The molecule has 0 bridgehead atoms. The highest BCUT2D eigenvalue weighted by molar-refractivity contribution is 5.97. The van der Waals surface area contributed by atoms with Crippen LogP contribution in [0.15, 0.2) is 18.2 Å². The van der Waals surface area contributed by atoms with E-state index in [1.165, 1.54) is 11.1 Å². The highest BCUT2D eigenvalue weighted by Crippen LogP contribution is 2.27. The molecular weight excluding hydrogens is 278 g/mol. The molecule has 20 heavy (non-hydrogen) atoms. The molecule has 0 fully saturated rings. The van der Waals surface area contributed by atoms with E-state index < -0.39 is 0 Å². The van der Waals surface area contributed by atoms with Gasteiger partial charge in [0.1, 0.15) is 0 Å². The summed E-state index contributed by atoms with van der Waals surface area (Å²) in [7, 11) is 0. The molecule has 0 radical (unpaired) electrons. The largest absolute Gasteiger partial charge is 0.346 e. The number of halogens is 1. The van der Waals surface area contributed by atoms with Crippen molar-refractivity contribution in [3.63, 3.8) is 0 Å². The van der Waals surface area contributed by atoms with E-state index in [0.717, 1.165) is 18.5 Å². The highest BCUT2D eigenvalue weighted by Gasteiger charge is 2.22. The van der Waals surface area contributed by atoms with Crippen molar-refractivity contribution in [3.05, 3.63) is 29.3 Å². The summed E-state index contributed by atoms with van der Waals surface area (Å²) >= 11 is 0. The molecule has 0 atom stereocenters. The van der Waals surface area contributed by atoms with Gasteiger partial charge in [-0.3, -0.25) is 9.59 Å². The third-order valence-electron chi connectivity index (χ3n) is 3.28. The van der Waals surface area contributed by atoms with Crippen molar-refractivity contribution in [1.29, 1.82) is 0 Å². The number of nitrogens with one attached hydrogen (secondary N) is 1. The molecular formula is C14H20ClN3O2. The molecule has 0 unspecified atom stereocenters. The fourth-order valence-corrected chi connectivity index (χ4v) is 2.33. The van der Waals surface area contributed by atoms with Gasteiger partial charge >= 0.3 is 0 Å². The predicted molar refractivity (Wildman–Crippen MR) is 81.2 cm³/mol. The Hall–Kier alpha value is -1.59. The van der Waals surface area contributed by atoms with Crippen molar-refractivity contribution in [2.75, 3.05) is 24.5 Å². The van der Waals surface area contributed by atoms with E-state index in [9.17, 15) is 9.59 Å². The number of amides is 2. The van der Waals surface area contributed by atoms with E-state index in [1.54, 1.807) is 4.90 Å². The summed E-state index contributed by atoms with van der Waals surface area (Å²) in [6, 6.07) is 6.10. The molecule has 1 aliphatic heterocycles. The number of carbonyl (C=O) groups excluding carboxylic acids is 2. The normalized spacial score (nSPS) is 13.2. The minimum Gasteiger partial charge on any atom is -0.346 e. The molecule has 0 aliphatic carbocycles. The van der Waals surface area contributed by atoms with Crippen LogP contribution in [-0.2, 0) is 16.0 Å². The third-order valence-corrected chi connectivity index (χ3v) is 3.28. The standard InChI is InChI=1S/C14H19N3O2.ClH/c1-10-4-5-12-11(7-10)3-2-6-17(12)14(19)9-16-13(18)8-15;/h4-5,7H,2-3,6,8-9,15H2,1H3,(H,16,18);1H. The van der Waals surface area contributed by atoms with E-state index in [1.807, 2.05) is 19.1 Å². The molecule has 1 aromatic carbocycles. The quantitative estimate of drug-likeness (QED) is 0.865. The van der Waals surface area contributed by atoms with Crippen LogP contribution in [0.5, 0.6) is 0 Å². The summed E-state index contributed by atoms with van der Waals surface area (Å²) in [6.07, 6.45) is 1.95. The maximum absolute atomic E-state index is 12.1. The molecule has 0 saturated heterocycles. The average molecular weight is 298 g/mol. The minimum atomic E-state index is -0.311. The van der Waals surface area contributed by atoms with Crippen molar-refractivity contribution in [2.45, 2.75) is 19.8 Å². The zero-order chi connectivity index (χ0) is 13.8. The van der Waals surface area contributed by atoms with Crippen LogP contribution >= 0.6 is 12.4 Å². The number of rotatable bonds is 3. The smallest absolute Gasteiger partial charge is 0.246 e. The molecule has 2 rings (SSSR count). The fourth-order valence-electron chi connectivity index (χ4n) is 2.33. The topological polar surface area (TPSA) is 75.4 Å². The van der Waals surface area contributed by atoms with Crippen LogP contribution in [0.2, 0.25) is 0 Å². The molecule has 1 heterocycles. The number of nitrogens with zero attached hydrogens (tertiary/aromatic N) is 1. The van der Waals surface area contributed by atoms with Crippen LogP contribution in [-0.4, -0.2) is 31.4 Å². The number of aryl methyl sites for hydroxylation is 2. The summed E-state index contributed by atoms with van der Waals surface area (Å²) in [6.45, 7) is 2.66. The Labute approximate surface area is 124 Å². The van der Waals surface area contributed by atoms with Gasteiger partial charge in [0, 0.05) is 12.2 Å². The van der Waals surface area contributed by atoms with Crippen molar-refractivity contribution in [3.8, 4) is 0 Å². The maximum Gasteiger partial charge on any atom is 0.246 e. The number of hydrogen-bond donors (Lipinski definition) is 2. The first-order chi connectivity index (χ1) is 9.11. The van der Waals surface area contributed by atoms with Crippen LogP contribution in [0.4, 0.5) is 5.69 Å². The summed E-state index contributed by atoms with van der Waals surface area (Å²) in [5, 5.41) is 2.52. The Morgan fingerprint density at radius 3 is 2.85 bits per heavy atom. The van der Waals surface area contributed by atoms with Crippen molar-refractivity contribution in [2.24, 2.45) is 5.73 Å². The van der Waals surface area contributed by atoms with Crippen LogP contribution in [0.25, 0.3) is 0 Å². The van der Waals surface area contributed by atoms with Gasteiger partial charge in [0.25, 0.3) is 0 Å². The number of benzene rings is 1. The van der Waals surface area contributed by atoms with Crippen LogP contribution in [0, 0.1) is 6.92 Å². The Morgan fingerprint density at radius 2 is 2.15 bits per heavy atom. The van der Waals surface area contributed by atoms with Gasteiger partial charge in [-0.05, 0) is 31.4 Å². The predicted octanol–water partition coefficient (Wildman–Crippen LogP) is 0.771. The number of carbonyl (C=O) groups is 2. The third kappa shape index (κ3) is 3.71. The van der Waals surface area contributed by atoms with E-state index in [4.69, 9.17) is 5.73 Å². The Morgan fingerprint density at radius 1 is 1.40 bits per heavy atom. The first kappa shape index (κ1) is 16.5. The number of nitrogens with two attached hydrogens (primary N) is 1. The fraction of sp³-hybridized carbons (Fsp3) is 0.429. The monoisotopic (exact) mass is 297 g/mol. The first-order valence-electron chi connectivity index (χ1n) is 6.48. The molecule has 5 nitrogen and oxygen atoms in total. The molecule has 3 N–H and O–H groups in total. The maximum atomic E-state index is 12.1. The first-order valence-corrected chi connectivity index (χ1v) is 6.48. The number of hydrogen-bond acceptors (Lipinski definition) is 3. The molecule has 0 aromatic heterocycles. The summed E-state index contributed by atoms with van der Waals surface area (Å²) in [5.41, 5.74) is 8.55. The summed E-state index contributed by atoms with van der Waals surface area (Å²) in [4.78, 5) is 25.0. The number of anilines is 1. The van der Waals surface area contributed by atoms with Gasteiger partial charge in [0.15, 0.2) is 0 Å². The highest BCUT2D eigenvalue weighted by atomic mass is 35.5. The van der Waals surface area contributed by atoms with Gasteiger partial charge in [-0.15, -0.1) is 12.4 Å². The molecule has 2 amide bonds. The van der Waals surface area contributed by atoms with E-state index in [-0.39, 0.29) is 37.3 Å². The molecule has 6 heteroatoms. The Balaban J connectivity index is 0.00000200. The van der Waals surface area contributed by atoms with Gasteiger partial charge in [0.2, 0.25) is 11.8 Å². The lowest BCUT2D eigenvalue weighted by molar-refractivity contribution is -0.124. The second-order valence-electron chi connectivity index (χ2n) is 4.76. The van der Waals surface area contributed by atoms with Gasteiger partial charge in [-0.25, -0.2) is 0 Å². The van der Waals surface area contributed by atoms with Gasteiger partial charge in [0.05, 0.1) is 13.1 Å². The average Bonchev–Trinajstić information content (AvgIpc) is 2.43.